The molecule has 0 aromatic carbocycles. The minimum atomic E-state index is -4.96. The molecule has 17 nitrogen and oxygen atoms in total. The molecule has 0 aliphatic rings. The largest absolute Gasteiger partial charge is 0.472 e. The molecule has 0 saturated carbocycles. The summed E-state index contributed by atoms with van der Waals surface area (Å²) in [7, 11) is -9.92. The van der Waals surface area contributed by atoms with E-state index < -0.39 is 97.5 Å². The van der Waals surface area contributed by atoms with Crippen molar-refractivity contribution in [1.82, 2.24) is 0 Å². The van der Waals surface area contributed by atoms with Crippen molar-refractivity contribution in [3.05, 3.63) is 0 Å². The first-order chi connectivity index (χ1) is 50.5. The number of aliphatic hydroxyl groups is 1. The topological polar surface area (TPSA) is 237 Å². The van der Waals surface area contributed by atoms with E-state index in [1.807, 2.05) is 0 Å². The van der Waals surface area contributed by atoms with Gasteiger partial charge in [0.15, 0.2) is 12.2 Å². The summed E-state index contributed by atoms with van der Waals surface area (Å²) in [6.45, 7) is 7.37. The molecule has 19 heteroatoms. The van der Waals surface area contributed by atoms with Gasteiger partial charge in [0, 0.05) is 25.7 Å². The second-order valence-electron chi connectivity index (χ2n) is 31.1. The number of aliphatic hydroxyl groups excluding tert-OH is 1. The lowest BCUT2D eigenvalue weighted by molar-refractivity contribution is -0.161. The number of esters is 4. The summed E-state index contributed by atoms with van der Waals surface area (Å²) in [5.41, 5.74) is 0. The second-order valence-corrected chi connectivity index (χ2v) is 34.0. The Labute approximate surface area is 638 Å². The van der Waals surface area contributed by atoms with Gasteiger partial charge in [-0.25, -0.2) is 9.13 Å². The molecule has 0 aliphatic heterocycles. The van der Waals surface area contributed by atoms with Crippen molar-refractivity contribution in [2.45, 2.75) is 477 Å². The fraction of sp³-hybridized carbons (Fsp3) is 0.953. The number of phosphoric ester groups is 2. The fourth-order valence-electron chi connectivity index (χ4n) is 13.3. The Hall–Kier alpha value is -1.94. The van der Waals surface area contributed by atoms with E-state index in [0.29, 0.717) is 25.7 Å². The molecule has 3 N–H and O–H groups in total. The summed E-state index contributed by atoms with van der Waals surface area (Å²) in [6, 6.07) is 0. The van der Waals surface area contributed by atoms with E-state index in [0.717, 1.165) is 95.8 Å². The SMILES string of the molecule is CCCCCCCCCCCCCCCCCCCCCCCCC(=O)O[C@H](COC(=O)CCCCCCCCCCCCCCCCCCCCC(C)C)COP(=O)(O)OC[C@@H](O)COP(=O)(O)OC[C@@H](COC(=O)CCCCCCCCCCC)OC(=O)CCCCCCCCCCCCCC. The molecule has 0 heterocycles. The van der Waals surface area contributed by atoms with Crippen molar-refractivity contribution in [1.29, 1.82) is 0 Å². The molecule has 0 aromatic rings. The standard InChI is InChI=1S/C85H166O17P2/c1-6-9-12-15-18-21-23-25-26-27-28-29-30-31-36-39-42-46-51-56-61-66-71-85(90)102-81(75-96-83(88)69-64-59-54-49-45-41-38-35-33-32-34-37-40-43-48-52-57-62-67-78(4)5)77-100-104(93,94)98-73-79(86)72-97-103(91,92)99-76-80(74-95-82(87)68-63-58-53-47-20-17-14-11-8-3)101-84(89)70-65-60-55-50-44-24-22-19-16-13-10-7-2/h78-81,86H,6-77H2,1-5H3,(H,91,92)(H,93,94)/t79-,80+,81+/m0/s1. The predicted molar refractivity (Wildman–Crippen MR) is 428 cm³/mol. The van der Waals surface area contributed by atoms with E-state index in [-0.39, 0.29) is 25.7 Å². The van der Waals surface area contributed by atoms with E-state index in [9.17, 15) is 43.2 Å². The third kappa shape index (κ3) is 78.2. The van der Waals surface area contributed by atoms with Crippen LogP contribution in [0, 0.1) is 5.92 Å². The van der Waals surface area contributed by atoms with Gasteiger partial charge in [-0.1, -0.05) is 407 Å². The average molecular weight is 1520 g/mol. The third-order valence-electron chi connectivity index (χ3n) is 20.0. The Balaban J connectivity index is 5.17. The van der Waals surface area contributed by atoms with Crippen LogP contribution in [0.3, 0.4) is 0 Å². The highest BCUT2D eigenvalue weighted by Gasteiger charge is 2.30. The third-order valence-corrected chi connectivity index (χ3v) is 21.9. The summed E-state index contributed by atoms with van der Waals surface area (Å²) >= 11 is 0. The Morgan fingerprint density at radius 3 is 0.654 bits per heavy atom. The molecule has 5 atom stereocenters. The number of carbonyl (C=O) groups excluding carboxylic acids is 4. The average Bonchev–Trinajstić information content (AvgIpc) is 0.908. The quantitative estimate of drug-likeness (QED) is 0.0222. The van der Waals surface area contributed by atoms with E-state index in [4.69, 9.17) is 37.0 Å². The molecule has 0 aromatic heterocycles. The number of ether oxygens (including phenoxy) is 4. The Morgan fingerprint density at radius 2 is 0.442 bits per heavy atom. The molecule has 0 bridgehead atoms. The van der Waals surface area contributed by atoms with Crippen LogP contribution in [0.25, 0.3) is 0 Å². The summed E-state index contributed by atoms with van der Waals surface area (Å²) in [5.74, 6) is -1.28. The highest BCUT2D eigenvalue weighted by molar-refractivity contribution is 7.47. The Morgan fingerprint density at radius 1 is 0.260 bits per heavy atom. The first-order valence-corrected chi connectivity index (χ1v) is 47.1. The zero-order chi connectivity index (χ0) is 76.2. The maximum Gasteiger partial charge on any atom is 0.472 e. The van der Waals surface area contributed by atoms with E-state index >= 15 is 0 Å². The number of unbranched alkanes of at least 4 members (excludes halogenated alkanes) is 57. The first-order valence-electron chi connectivity index (χ1n) is 44.1. The molecular weight excluding hydrogens is 1350 g/mol. The molecule has 104 heavy (non-hydrogen) atoms. The number of hydrogen-bond donors (Lipinski definition) is 3. The van der Waals surface area contributed by atoms with Gasteiger partial charge in [0.25, 0.3) is 0 Å². The number of phosphoric acid groups is 2. The van der Waals surface area contributed by atoms with Gasteiger partial charge in [0.2, 0.25) is 0 Å². The predicted octanol–water partition coefficient (Wildman–Crippen LogP) is 26.0. The van der Waals surface area contributed by atoms with Gasteiger partial charge in [-0.3, -0.25) is 37.3 Å². The van der Waals surface area contributed by atoms with Crippen molar-refractivity contribution in [2.75, 3.05) is 39.6 Å². The van der Waals surface area contributed by atoms with Crippen LogP contribution in [0.15, 0.2) is 0 Å². The normalized spacial score (nSPS) is 13.8. The minimum Gasteiger partial charge on any atom is -0.462 e. The van der Waals surface area contributed by atoms with Crippen molar-refractivity contribution in [2.24, 2.45) is 5.92 Å². The van der Waals surface area contributed by atoms with Gasteiger partial charge in [-0.05, 0) is 31.6 Å². The molecule has 0 amide bonds. The Bertz CT molecular complexity index is 1980. The van der Waals surface area contributed by atoms with Gasteiger partial charge >= 0.3 is 39.5 Å². The lowest BCUT2D eigenvalue weighted by atomic mass is 10.0. The Kier molecular flexibility index (Phi) is 76.3. The van der Waals surface area contributed by atoms with Crippen molar-refractivity contribution in [3.63, 3.8) is 0 Å². The fourth-order valence-corrected chi connectivity index (χ4v) is 14.9. The molecule has 0 radical (unpaired) electrons. The maximum absolute atomic E-state index is 13.1. The number of rotatable bonds is 85. The molecule has 0 spiro atoms. The lowest BCUT2D eigenvalue weighted by Gasteiger charge is -2.21. The minimum absolute atomic E-state index is 0.108. The maximum atomic E-state index is 13.1. The van der Waals surface area contributed by atoms with Crippen molar-refractivity contribution < 1.29 is 80.2 Å². The summed E-state index contributed by atoms with van der Waals surface area (Å²) in [4.78, 5) is 73.0. The smallest absolute Gasteiger partial charge is 0.462 e. The van der Waals surface area contributed by atoms with Crippen LogP contribution in [0.5, 0.6) is 0 Å². The van der Waals surface area contributed by atoms with Gasteiger partial charge in [-0.15, -0.1) is 0 Å². The molecule has 0 fully saturated rings. The zero-order valence-corrected chi connectivity index (χ0v) is 70.0. The van der Waals surface area contributed by atoms with Crippen LogP contribution in [0.1, 0.15) is 458 Å². The van der Waals surface area contributed by atoms with Crippen LogP contribution >= 0.6 is 15.6 Å². The number of hydrogen-bond acceptors (Lipinski definition) is 15. The summed E-state index contributed by atoms with van der Waals surface area (Å²) in [6.07, 6.45) is 71.0. The zero-order valence-electron chi connectivity index (χ0n) is 68.2. The van der Waals surface area contributed by atoms with Crippen LogP contribution in [0.2, 0.25) is 0 Å². The molecule has 0 saturated heterocycles. The molecule has 2 unspecified atom stereocenters. The van der Waals surface area contributed by atoms with E-state index in [2.05, 4.69) is 34.6 Å². The monoisotopic (exact) mass is 1520 g/mol. The highest BCUT2D eigenvalue weighted by atomic mass is 31.2. The van der Waals surface area contributed by atoms with Gasteiger partial charge in [0.1, 0.15) is 19.3 Å². The van der Waals surface area contributed by atoms with Crippen LogP contribution in [-0.2, 0) is 65.4 Å². The van der Waals surface area contributed by atoms with Gasteiger partial charge in [-0.2, -0.15) is 0 Å². The van der Waals surface area contributed by atoms with Crippen molar-refractivity contribution >= 4 is 39.5 Å². The first kappa shape index (κ1) is 102. The number of carbonyl (C=O) groups is 4. The second kappa shape index (κ2) is 77.8. The molecular formula is C85H166O17P2. The van der Waals surface area contributed by atoms with Crippen LogP contribution in [0.4, 0.5) is 0 Å². The highest BCUT2D eigenvalue weighted by Crippen LogP contribution is 2.45. The molecule has 0 aliphatic carbocycles. The van der Waals surface area contributed by atoms with Crippen LogP contribution < -0.4 is 0 Å². The van der Waals surface area contributed by atoms with Gasteiger partial charge < -0.3 is 33.8 Å². The van der Waals surface area contributed by atoms with E-state index in [1.165, 1.54) is 283 Å². The lowest BCUT2D eigenvalue weighted by Crippen LogP contribution is -2.30. The van der Waals surface area contributed by atoms with Crippen molar-refractivity contribution in [3.8, 4) is 0 Å². The van der Waals surface area contributed by atoms with E-state index in [1.54, 1.807) is 0 Å². The molecule has 0 rings (SSSR count). The summed E-state index contributed by atoms with van der Waals surface area (Å²) in [5, 5.41) is 10.6. The van der Waals surface area contributed by atoms with Crippen LogP contribution in [-0.4, -0.2) is 96.7 Å². The summed E-state index contributed by atoms with van der Waals surface area (Å²) < 4.78 is 68.8. The molecule has 618 valence electrons. The van der Waals surface area contributed by atoms with Gasteiger partial charge in [0.05, 0.1) is 26.4 Å².